The monoisotopic (exact) mass is 251 g/mol. The topological polar surface area (TPSA) is 104 Å². The number of carbonyl (C=O) groups is 2. The largest absolute Gasteiger partial charge is 0.364 e. The maximum absolute atomic E-state index is 11.0. The van der Waals surface area contributed by atoms with Gasteiger partial charge in [0.2, 0.25) is 0 Å². The Hall–Kier alpha value is -2.09. The molecule has 0 bridgehead atoms. The summed E-state index contributed by atoms with van der Waals surface area (Å²) in [6, 6.07) is 0. The van der Waals surface area contributed by atoms with E-state index in [2.05, 4.69) is 15.2 Å². The number of primary amides is 1. The minimum atomic E-state index is -0.625. The van der Waals surface area contributed by atoms with Crippen molar-refractivity contribution in [3.8, 4) is 0 Å². The van der Waals surface area contributed by atoms with Crippen molar-refractivity contribution in [2.75, 3.05) is 0 Å². The van der Waals surface area contributed by atoms with Crippen LogP contribution in [-0.4, -0.2) is 31.7 Å². The summed E-state index contributed by atoms with van der Waals surface area (Å²) in [6.07, 6.45) is 1.29. The standard InChI is InChI=1S/C9H9N5O2S/c1-5(15)7-4-17-8(12-7)3-14-11-2-6(13-14)9(10)16/h2,4H,3H2,1H3,(H2,10,16). The maximum Gasteiger partial charge on any atom is 0.270 e. The van der Waals surface area contributed by atoms with Gasteiger partial charge in [-0.25, -0.2) is 4.98 Å². The minimum absolute atomic E-state index is 0.0845. The van der Waals surface area contributed by atoms with E-state index in [0.29, 0.717) is 17.2 Å². The summed E-state index contributed by atoms with van der Waals surface area (Å²) in [6.45, 7) is 1.77. The Labute approximate surface area is 100 Å². The molecule has 0 radical (unpaired) electrons. The molecule has 7 nitrogen and oxygen atoms in total. The molecule has 0 unspecified atom stereocenters. The van der Waals surface area contributed by atoms with Crippen LogP contribution in [0.2, 0.25) is 0 Å². The predicted molar refractivity (Wildman–Crippen MR) is 59.8 cm³/mol. The van der Waals surface area contributed by atoms with Crippen molar-refractivity contribution in [2.45, 2.75) is 13.5 Å². The fourth-order valence-electron chi connectivity index (χ4n) is 1.15. The molecule has 0 saturated carbocycles. The molecule has 0 saturated heterocycles. The summed E-state index contributed by atoms with van der Waals surface area (Å²) in [5, 5.41) is 10.1. The number of carbonyl (C=O) groups excluding carboxylic acids is 2. The first-order chi connectivity index (χ1) is 8.06. The zero-order valence-electron chi connectivity index (χ0n) is 8.95. The summed E-state index contributed by atoms with van der Waals surface area (Å²) in [4.78, 5) is 27.3. The number of amides is 1. The Balaban J connectivity index is 2.13. The normalized spacial score (nSPS) is 10.4. The molecule has 8 heteroatoms. The molecule has 17 heavy (non-hydrogen) atoms. The van der Waals surface area contributed by atoms with Crippen molar-refractivity contribution in [3.63, 3.8) is 0 Å². The number of hydrogen-bond donors (Lipinski definition) is 1. The van der Waals surface area contributed by atoms with E-state index >= 15 is 0 Å². The number of ketones is 1. The van der Waals surface area contributed by atoms with Gasteiger partial charge in [0.25, 0.3) is 5.91 Å². The zero-order chi connectivity index (χ0) is 12.4. The summed E-state index contributed by atoms with van der Waals surface area (Å²) in [5.74, 6) is -0.710. The summed E-state index contributed by atoms with van der Waals surface area (Å²) in [7, 11) is 0. The third kappa shape index (κ3) is 2.53. The summed E-state index contributed by atoms with van der Waals surface area (Å²) >= 11 is 1.34. The van der Waals surface area contributed by atoms with Crippen LogP contribution in [0.1, 0.15) is 32.9 Å². The number of nitrogens with zero attached hydrogens (tertiary/aromatic N) is 4. The van der Waals surface area contributed by atoms with Gasteiger partial charge in [-0.05, 0) is 0 Å². The molecule has 0 atom stereocenters. The molecule has 2 aromatic rings. The quantitative estimate of drug-likeness (QED) is 0.775. The van der Waals surface area contributed by atoms with Crippen LogP contribution < -0.4 is 5.73 Å². The van der Waals surface area contributed by atoms with Gasteiger partial charge in [0.05, 0.1) is 6.20 Å². The minimum Gasteiger partial charge on any atom is -0.364 e. The van der Waals surface area contributed by atoms with Crippen LogP contribution in [0.4, 0.5) is 0 Å². The Morgan fingerprint density at radius 2 is 2.24 bits per heavy atom. The molecule has 1 amide bonds. The van der Waals surface area contributed by atoms with Crippen molar-refractivity contribution >= 4 is 23.0 Å². The van der Waals surface area contributed by atoms with Gasteiger partial charge in [0, 0.05) is 12.3 Å². The number of nitrogens with two attached hydrogens (primary N) is 1. The molecule has 0 aliphatic carbocycles. The first kappa shape index (κ1) is 11.4. The Bertz CT molecular complexity index is 523. The van der Waals surface area contributed by atoms with Crippen LogP contribution in [0.5, 0.6) is 0 Å². The fourth-order valence-corrected chi connectivity index (χ4v) is 1.96. The number of thiazole rings is 1. The molecular weight excluding hydrogens is 242 g/mol. The van der Waals surface area contributed by atoms with Crippen molar-refractivity contribution in [1.82, 2.24) is 20.0 Å². The lowest BCUT2D eigenvalue weighted by atomic mass is 10.4. The van der Waals surface area contributed by atoms with Gasteiger partial charge >= 0.3 is 0 Å². The molecule has 0 aliphatic heterocycles. The lowest BCUT2D eigenvalue weighted by Crippen LogP contribution is -2.13. The van der Waals surface area contributed by atoms with Gasteiger partial charge in [-0.15, -0.1) is 16.4 Å². The number of rotatable bonds is 4. The molecule has 0 aromatic carbocycles. The molecule has 2 heterocycles. The van der Waals surface area contributed by atoms with Crippen LogP contribution in [-0.2, 0) is 6.54 Å². The smallest absolute Gasteiger partial charge is 0.270 e. The molecular formula is C9H9N5O2S. The second-order valence-electron chi connectivity index (χ2n) is 3.31. The van der Waals surface area contributed by atoms with Gasteiger partial charge in [0.15, 0.2) is 11.5 Å². The van der Waals surface area contributed by atoms with E-state index in [1.165, 1.54) is 29.3 Å². The Kier molecular flexibility index (Phi) is 2.96. The maximum atomic E-state index is 11.0. The highest BCUT2D eigenvalue weighted by molar-refractivity contribution is 7.09. The Morgan fingerprint density at radius 3 is 2.76 bits per heavy atom. The van der Waals surface area contributed by atoms with Gasteiger partial charge in [-0.2, -0.15) is 9.90 Å². The van der Waals surface area contributed by atoms with E-state index in [1.54, 1.807) is 5.38 Å². The predicted octanol–water partition coefficient (Wildman–Crippen LogP) is 0.0844. The highest BCUT2D eigenvalue weighted by Gasteiger charge is 2.09. The number of aromatic nitrogens is 4. The second-order valence-corrected chi connectivity index (χ2v) is 4.25. The Morgan fingerprint density at radius 1 is 1.47 bits per heavy atom. The molecule has 0 fully saturated rings. The zero-order valence-corrected chi connectivity index (χ0v) is 9.77. The van der Waals surface area contributed by atoms with Crippen molar-refractivity contribution in [1.29, 1.82) is 0 Å². The van der Waals surface area contributed by atoms with Crippen molar-refractivity contribution in [3.05, 3.63) is 28.0 Å². The molecule has 2 aromatic heterocycles. The van der Waals surface area contributed by atoms with E-state index in [9.17, 15) is 9.59 Å². The average Bonchev–Trinajstić information content (AvgIpc) is 2.87. The van der Waals surface area contributed by atoms with Crippen LogP contribution in [0.3, 0.4) is 0 Å². The van der Waals surface area contributed by atoms with Gasteiger partial charge in [-0.3, -0.25) is 9.59 Å². The summed E-state index contributed by atoms with van der Waals surface area (Å²) < 4.78 is 0. The lowest BCUT2D eigenvalue weighted by molar-refractivity contribution is 0.0991. The van der Waals surface area contributed by atoms with Gasteiger partial charge < -0.3 is 5.73 Å². The van der Waals surface area contributed by atoms with E-state index in [1.807, 2.05) is 0 Å². The highest BCUT2D eigenvalue weighted by atomic mass is 32.1. The SMILES string of the molecule is CC(=O)c1csc(Cn2ncc(C(N)=O)n2)n1. The molecule has 88 valence electrons. The van der Waals surface area contributed by atoms with E-state index < -0.39 is 5.91 Å². The third-order valence-corrected chi connectivity index (χ3v) is 2.81. The highest BCUT2D eigenvalue weighted by Crippen LogP contribution is 2.11. The number of hydrogen-bond acceptors (Lipinski definition) is 6. The molecule has 2 N–H and O–H groups in total. The van der Waals surface area contributed by atoms with E-state index in [0.717, 1.165) is 0 Å². The molecule has 2 rings (SSSR count). The third-order valence-electron chi connectivity index (χ3n) is 1.98. The van der Waals surface area contributed by atoms with Gasteiger partial charge in [0.1, 0.15) is 17.2 Å². The summed E-state index contributed by atoms with van der Waals surface area (Å²) in [5.41, 5.74) is 5.58. The van der Waals surface area contributed by atoms with E-state index in [4.69, 9.17) is 5.73 Å². The van der Waals surface area contributed by atoms with Crippen molar-refractivity contribution in [2.24, 2.45) is 5.73 Å². The van der Waals surface area contributed by atoms with Crippen molar-refractivity contribution < 1.29 is 9.59 Å². The first-order valence-corrected chi connectivity index (χ1v) is 5.59. The van der Waals surface area contributed by atoms with E-state index in [-0.39, 0.29) is 11.5 Å². The van der Waals surface area contributed by atoms with Crippen LogP contribution in [0.15, 0.2) is 11.6 Å². The van der Waals surface area contributed by atoms with Crippen LogP contribution in [0.25, 0.3) is 0 Å². The molecule has 0 aliphatic rings. The fraction of sp³-hybridized carbons (Fsp3) is 0.222. The first-order valence-electron chi connectivity index (χ1n) is 4.71. The van der Waals surface area contributed by atoms with Crippen LogP contribution in [0, 0.1) is 0 Å². The molecule has 0 spiro atoms. The average molecular weight is 251 g/mol. The lowest BCUT2D eigenvalue weighted by Gasteiger charge is -1.94. The second kappa shape index (κ2) is 4.42. The number of Topliss-reactive ketones (excluding diaryl/α,β-unsaturated/α-hetero) is 1. The van der Waals surface area contributed by atoms with Gasteiger partial charge in [-0.1, -0.05) is 0 Å². The van der Waals surface area contributed by atoms with Crippen LogP contribution >= 0.6 is 11.3 Å².